The molecular formula is C5H10ClNSi. The van der Waals surface area contributed by atoms with E-state index < -0.39 is 8.83 Å². The van der Waals surface area contributed by atoms with E-state index in [0.29, 0.717) is 0 Å². The fraction of sp³-hybridized carbons (Fsp3) is 0.800. The molecule has 0 aliphatic heterocycles. The third-order valence-electron chi connectivity index (χ3n) is 1.13. The highest BCUT2D eigenvalue weighted by Gasteiger charge is 2.00. The van der Waals surface area contributed by atoms with E-state index in [1.807, 2.05) is 6.92 Å². The minimum absolute atomic E-state index is 0.235. The summed E-state index contributed by atoms with van der Waals surface area (Å²) < 4.78 is 0. The molecule has 1 nitrogen and oxygen atoms in total. The van der Waals surface area contributed by atoms with E-state index in [9.17, 15) is 0 Å². The van der Waals surface area contributed by atoms with E-state index in [1.165, 1.54) is 0 Å². The molecule has 1 atom stereocenters. The first-order valence-electron chi connectivity index (χ1n) is 2.80. The zero-order chi connectivity index (χ0) is 6.41. The Hall–Kier alpha value is -0.00312. The predicted molar refractivity (Wildman–Crippen MR) is 38.6 cm³/mol. The van der Waals surface area contributed by atoms with Gasteiger partial charge in [0.1, 0.15) is 8.83 Å². The molecule has 0 saturated heterocycles. The van der Waals surface area contributed by atoms with Crippen LogP contribution in [0.4, 0.5) is 0 Å². The normalized spacial score (nSPS) is 14.1. The van der Waals surface area contributed by atoms with Crippen LogP contribution < -0.4 is 0 Å². The molecule has 46 valence electrons. The minimum atomic E-state index is -0.406. The van der Waals surface area contributed by atoms with Crippen LogP contribution in [0.3, 0.4) is 0 Å². The number of nitriles is 1. The van der Waals surface area contributed by atoms with Gasteiger partial charge >= 0.3 is 0 Å². The molecule has 0 spiro atoms. The zero-order valence-electron chi connectivity index (χ0n) is 5.02. The Bertz CT molecular complexity index is 88.9. The van der Waals surface area contributed by atoms with Crippen LogP contribution in [0.25, 0.3) is 0 Å². The topological polar surface area (TPSA) is 23.8 Å². The molecule has 3 heteroatoms. The molecule has 0 saturated carbocycles. The van der Waals surface area contributed by atoms with Gasteiger partial charge in [-0.3, -0.25) is 0 Å². The quantitative estimate of drug-likeness (QED) is 0.436. The third kappa shape index (κ3) is 3.06. The molecule has 0 aromatic heterocycles. The second-order valence-corrected chi connectivity index (χ2v) is 3.80. The van der Waals surface area contributed by atoms with Crippen molar-refractivity contribution in [2.24, 2.45) is 5.92 Å². The summed E-state index contributed by atoms with van der Waals surface area (Å²) in [7, 11) is -0.406. The molecule has 0 aliphatic carbocycles. The van der Waals surface area contributed by atoms with E-state index in [1.54, 1.807) is 0 Å². The largest absolute Gasteiger partial charge is 0.198 e. The summed E-state index contributed by atoms with van der Waals surface area (Å²) in [5, 5.41) is 8.37. The summed E-state index contributed by atoms with van der Waals surface area (Å²) in [4.78, 5) is 0. The van der Waals surface area contributed by atoms with E-state index >= 15 is 0 Å². The molecule has 0 radical (unpaired) electrons. The van der Waals surface area contributed by atoms with Crippen molar-refractivity contribution in [2.45, 2.75) is 19.4 Å². The maximum atomic E-state index is 8.37. The van der Waals surface area contributed by atoms with Gasteiger partial charge in [0.15, 0.2) is 0 Å². The Morgan fingerprint density at radius 1 is 1.88 bits per heavy atom. The van der Waals surface area contributed by atoms with E-state index in [-0.39, 0.29) is 5.92 Å². The maximum Gasteiger partial charge on any atom is 0.126 e. The molecule has 0 heterocycles. The highest BCUT2D eigenvalue weighted by atomic mass is 35.6. The van der Waals surface area contributed by atoms with Gasteiger partial charge in [-0.2, -0.15) is 16.3 Å². The second-order valence-electron chi connectivity index (χ2n) is 1.71. The molecule has 0 rings (SSSR count). The lowest BCUT2D eigenvalue weighted by Crippen LogP contribution is -1.94. The molecule has 1 unspecified atom stereocenters. The number of rotatable bonds is 3. The Balaban J connectivity index is 3.26. The van der Waals surface area contributed by atoms with E-state index in [4.69, 9.17) is 16.3 Å². The zero-order valence-corrected chi connectivity index (χ0v) is 7.19. The summed E-state index contributed by atoms with van der Waals surface area (Å²) in [5.74, 6) is 0.235. The summed E-state index contributed by atoms with van der Waals surface area (Å²) in [6, 6.07) is 3.17. The molecule has 8 heavy (non-hydrogen) atoms. The second kappa shape index (κ2) is 5.14. The highest BCUT2D eigenvalue weighted by molar-refractivity contribution is 6.93. The number of nitrogens with zero attached hydrogens (tertiary/aromatic N) is 1. The monoisotopic (exact) mass is 147 g/mol. The molecule has 0 amide bonds. The van der Waals surface area contributed by atoms with E-state index in [0.717, 1.165) is 12.5 Å². The number of hydrogen-bond donors (Lipinski definition) is 0. The van der Waals surface area contributed by atoms with Crippen molar-refractivity contribution in [2.75, 3.05) is 0 Å². The highest BCUT2D eigenvalue weighted by Crippen LogP contribution is 2.06. The van der Waals surface area contributed by atoms with Gasteiger partial charge in [-0.1, -0.05) is 6.92 Å². The summed E-state index contributed by atoms with van der Waals surface area (Å²) >= 11 is 5.54. The molecule has 0 bridgehead atoms. The van der Waals surface area contributed by atoms with Crippen molar-refractivity contribution in [3.05, 3.63) is 0 Å². The Kier molecular flexibility index (Phi) is 5.14. The van der Waals surface area contributed by atoms with Crippen LogP contribution >= 0.6 is 11.1 Å². The van der Waals surface area contributed by atoms with Crippen molar-refractivity contribution < 1.29 is 0 Å². The first kappa shape index (κ1) is 8.00. The standard InChI is InChI=1S/C5H10ClNSi/c1-2-5(3-7)4-8-6/h5H,2,4,8H2,1H3. The third-order valence-corrected chi connectivity index (χ3v) is 2.70. The van der Waals surface area contributed by atoms with Crippen LogP contribution in [-0.2, 0) is 0 Å². The van der Waals surface area contributed by atoms with Crippen LogP contribution in [0.15, 0.2) is 0 Å². The first-order valence-corrected chi connectivity index (χ1v) is 5.94. The van der Waals surface area contributed by atoms with Crippen LogP contribution in [0.2, 0.25) is 6.04 Å². The Morgan fingerprint density at radius 3 is 2.62 bits per heavy atom. The Labute approximate surface area is 57.2 Å². The average molecular weight is 148 g/mol. The van der Waals surface area contributed by atoms with Gasteiger partial charge in [-0.05, 0) is 12.5 Å². The van der Waals surface area contributed by atoms with Crippen LogP contribution in [-0.4, -0.2) is 8.83 Å². The van der Waals surface area contributed by atoms with Gasteiger partial charge in [0.05, 0.1) is 6.07 Å². The van der Waals surface area contributed by atoms with Gasteiger partial charge in [0.25, 0.3) is 0 Å². The predicted octanol–water partition coefficient (Wildman–Crippen LogP) is 1.28. The van der Waals surface area contributed by atoms with Gasteiger partial charge in [-0.25, -0.2) is 0 Å². The van der Waals surface area contributed by atoms with Crippen LogP contribution in [0.1, 0.15) is 13.3 Å². The molecule has 0 fully saturated rings. The molecular weight excluding hydrogens is 138 g/mol. The lowest BCUT2D eigenvalue weighted by atomic mass is 10.1. The fourth-order valence-corrected chi connectivity index (χ4v) is 2.08. The molecule has 0 aromatic rings. The van der Waals surface area contributed by atoms with Crippen molar-refractivity contribution in [3.8, 4) is 6.07 Å². The number of halogens is 1. The molecule has 0 N–H and O–H groups in total. The molecule has 0 aromatic carbocycles. The van der Waals surface area contributed by atoms with Gasteiger partial charge < -0.3 is 0 Å². The average Bonchev–Trinajstić information content (AvgIpc) is 1.83. The maximum absolute atomic E-state index is 8.37. The SMILES string of the molecule is CCC(C#N)C[SiH2]Cl. The van der Waals surface area contributed by atoms with Crippen LogP contribution in [0, 0.1) is 17.2 Å². The molecule has 0 aliphatic rings. The first-order chi connectivity index (χ1) is 3.85. The lowest BCUT2D eigenvalue weighted by molar-refractivity contribution is 0.711. The van der Waals surface area contributed by atoms with Crippen LogP contribution in [0.5, 0.6) is 0 Å². The lowest BCUT2D eigenvalue weighted by Gasteiger charge is -1.97. The summed E-state index contributed by atoms with van der Waals surface area (Å²) in [6.45, 7) is 2.02. The van der Waals surface area contributed by atoms with E-state index in [2.05, 4.69) is 6.07 Å². The summed E-state index contributed by atoms with van der Waals surface area (Å²) in [5.41, 5.74) is 0. The fourth-order valence-electron chi connectivity index (χ4n) is 0.492. The van der Waals surface area contributed by atoms with Gasteiger partial charge in [0.2, 0.25) is 0 Å². The van der Waals surface area contributed by atoms with Gasteiger partial charge in [0, 0.05) is 5.92 Å². The van der Waals surface area contributed by atoms with Gasteiger partial charge in [-0.15, -0.1) is 0 Å². The smallest absolute Gasteiger partial charge is 0.126 e. The Morgan fingerprint density at radius 2 is 2.50 bits per heavy atom. The van der Waals surface area contributed by atoms with Crippen molar-refractivity contribution >= 4 is 19.9 Å². The van der Waals surface area contributed by atoms with Crippen molar-refractivity contribution in [1.29, 1.82) is 5.26 Å². The van der Waals surface area contributed by atoms with Crippen molar-refractivity contribution in [1.82, 2.24) is 0 Å². The minimum Gasteiger partial charge on any atom is -0.198 e. The number of hydrogen-bond acceptors (Lipinski definition) is 1. The summed E-state index contributed by atoms with van der Waals surface area (Å²) in [6.07, 6.45) is 0.955. The van der Waals surface area contributed by atoms with Crippen molar-refractivity contribution in [3.63, 3.8) is 0 Å².